The molecule has 5 heteroatoms. The molecule has 0 aliphatic heterocycles. The van der Waals surface area contributed by atoms with Crippen LogP contribution in [-0.2, 0) is 0 Å². The molecular formula is C14H16FN3O. The van der Waals surface area contributed by atoms with Crippen LogP contribution < -0.4 is 5.73 Å². The zero-order valence-corrected chi connectivity index (χ0v) is 10.6. The van der Waals surface area contributed by atoms with Gasteiger partial charge in [-0.25, -0.2) is 4.39 Å². The van der Waals surface area contributed by atoms with Crippen LogP contribution in [0, 0.1) is 5.82 Å². The fourth-order valence-electron chi connectivity index (χ4n) is 2.58. The normalized spacial score (nSPS) is 16.7. The molecule has 0 saturated heterocycles. The summed E-state index contributed by atoms with van der Waals surface area (Å²) in [5, 5.41) is 4.00. The fraction of sp³-hybridized carbons (Fsp3) is 0.429. The molecule has 100 valence electrons. The summed E-state index contributed by atoms with van der Waals surface area (Å²) in [4.78, 5) is 4.34. The van der Waals surface area contributed by atoms with Gasteiger partial charge in [0.1, 0.15) is 5.82 Å². The average molecular weight is 261 g/mol. The first kappa shape index (κ1) is 12.1. The highest BCUT2D eigenvalue weighted by atomic mass is 19.1. The number of hydrogen-bond acceptors (Lipinski definition) is 4. The number of halogens is 1. The second kappa shape index (κ2) is 4.99. The van der Waals surface area contributed by atoms with Crippen LogP contribution in [0.25, 0.3) is 11.5 Å². The third kappa shape index (κ3) is 2.45. The molecule has 0 spiro atoms. The SMILES string of the molecule is Nc1ccc(-c2nc(C3CCCCC3)no2)c(F)c1. The maximum Gasteiger partial charge on any atom is 0.260 e. The number of aromatic nitrogens is 2. The number of rotatable bonds is 2. The van der Waals surface area contributed by atoms with Crippen LogP contribution in [0.15, 0.2) is 22.7 Å². The van der Waals surface area contributed by atoms with Gasteiger partial charge in [0.15, 0.2) is 5.82 Å². The average Bonchev–Trinajstić information content (AvgIpc) is 2.89. The maximum atomic E-state index is 13.8. The molecule has 2 N–H and O–H groups in total. The molecule has 1 saturated carbocycles. The van der Waals surface area contributed by atoms with Gasteiger partial charge in [-0.05, 0) is 31.0 Å². The van der Waals surface area contributed by atoms with Crippen LogP contribution in [0.4, 0.5) is 10.1 Å². The van der Waals surface area contributed by atoms with Crippen LogP contribution in [0.2, 0.25) is 0 Å². The molecule has 0 unspecified atom stereocenters. The fourth-order valence-corrected chi connectivity index (χ4v) is 2.58. The van der Waals surface area contributed by atoms with Crippen molar-refractivity contribution >= 4 is 5.69 Å². The van der Waals surface area contributed by atoms with Gasteiger partial charge in [0, 0.05) is 11.6 Å². The van der Waals surface area contributed by atoms with Gasteiger partial charge >= 0.3 is 0 Å². The first-order valence-electron chi connectivity index (χ1n) is 6.63. The second-order valence-corrected chi connectivity index (χ2v) is 5.03. The highest BCUT2D eigenvalue weighted by molar-refractivity contribution is 5.58. The number of hydrogen-bond donors (Lipinski definition) is 1. The van der Waals surface area contributed by atoms with Crippen LogP contribution >= 0.6 is 0 Å². The van der Waals surface area contributed by atoms with Gasteiger partial charge in [-0.2, -0.15) is 4.98 Å². The summed E-state index contributed by atoms with van der Waals surface area (Å²) in [6.45, 7) is 0. The molecule has 1 fully saturated rings. The molecule has 4 nitrogen and oxygen atoms in total. The molecule has 1 aliphatic rings. The number of nitrogens with zero attached hydrogens (tertiary/aromatic N) is 2. The lowest BCUT2D eigenvalue weighted by molar-refractivity contribution is 0.384. The van der Waals surface area contributed by atoms with E-state index < -0.39 is 5.82 Å². The van der Waals surface area contributed by atoms with E-state index >= 15 is 0 Å². The molecule has 1 aliphatic carbocycles. The molecular weight excluding hydrogens is 245 g/mol. The molecule has 1 aromatic heterocycles. The Morgan fingerprint density at radius 1 is 1.21 bits per heavy atom. The van der Waals surface area contributed by atoms with Gasteiger partial charge in [-0.1, -0.05) is 24.4 Å². The van der Waals surface area contributed by atoms with Crippen molar-refractivity contribution in [3.05, 3.63) is 29.8 Å². The van der Waals surface area contributed by atoms with Crippen molar-refractivity contribution in [2.75, 3.05) is 5.73 Å². The predicted octanol–water partition coefficient (Wildman–Crippen LogP) is 3.51. The maximum absolute atomic E-state index is 13.8. The molecule has 0 radical (unpaired) electrons. The van der Waals surface area contributed by atoms with Gasteiger partial charge < -0.3 is 10.3 Å². The van der Waals surface area contributed by atoms with Crippen molar-refractivity contribution in [2.45, 2.75) is 38.0 Å². The smallest absolute Gasteiger partial charge is 0.260 e. The van der Waals surface area contributed by atoms with E-state index in [-0.39, 0.29) is 5.89 Å². The third-order valence-corrected chi connectivity index (χ3v) is 3.64. The second-order valence-electron chi connectivity index (χ2n) is 5.03. The van der Waals surface area contributed by atoms with E-state index in [0.29, 0.717) is 23.0 Å². The molecule has 0 amide bonds. The minimum absolute atomic E-state index is 0.234. The summed E-state index contributed by atoms with van der Waals surface area (Å²) >= 11 is 0. The highest BCUT2D eigenvalue weighted by Gasteiger charge is 2.22. The van der Waals surface area contributed by atoms with E-state index in [4.69, 9.17) is 10.3 Å². The third-order valence-electron chi connectivity index (χ3n) is 3.64. The van der Waals surface area contributed by atoms with E-state index in [1.165, 1.54) is 25.3 Å². The van der Waals surface area contributed by atoms with Crippen molar-refractivity contribution < 1.29 is 8.91 Å². The van der Waals surface area contributed by atoms with Crippen LogP contribution in [0.3, 0.4) is 0 Å². The number of benzene rings is 1. The van der Waals surface area contributed by atoms with E-state index in [9.17, 15) is 4.39 Å². The van der Waals surface area contributed by atoms with Gasteiger partial charge in [-0.15, -0.1) is 0 Å². The van der Waals surface area contributed by atoms with Gasteiger partial charge in [0.2, 0.25) is 0 Å². The Balaban J connectivity index is 1.87. The van der Waals surface area contributed by atoms with Crippen LogP contribution in [-0.4, -0.2) is 10.1 Å². The minimum Gasteiger partial charge on any atom is -0.399 e. The highest BCUT2D eigenvalue weighted by Crippen LogP contribution is 2.32. The number of nitrogen functional groups attached to an aromatic ring is 1. The Hall–Kier alpha value is -1.91. The van der Waals surface area contributed by atoms with E-state index in [2.05, 4.69) is 10.1 Å². The van der Waals surface area contributed by atoms with Crippen molar-refractivity contribution in [3.63, 3.8) is 0 Å². The van der Waals surface area contributed by atoms with Crippen LogP contribution in [0.5, 0.6) is 0 Å². The molecule has 0 bridgehead atoms. The van der Waals surface area contributed by atoms with E-state index in [0.717, 1.165) is 12.8 Å². The first-order chi connectivity index (χ1) is 9.24. The summed E-state index contributed by atoms with van der Waals surface area (Å²) < 4.78 is 19.0. The van der Waals surface area contributed by atoms with Crippen LogP contribution in [0.1, 0.15) is 43.8 Å². The standard InChI is InChI=1S/C14H16FN3O/c15-12-8-10(16)6-7-11(12)14-17-13(18-19-14)9-4-2-1-3-5-9/h6-9H,1-5,16H2. The lowest BCUT2D eigenvalue weighted by atomic mass is 9.89. The molecule has 3 rings (SSSR count). The molecule has 0 atom stereocenters. The quantitative estimate of drug-likeness (QED) is 0.840. The Morgan fingerprint density at radius 2 is 2.00 bits per heavy atom. The monoisotopic (exact) mass is 261 g/mol. The summed E-state index contributed by atoms with van der Waals surface area (Å²) in [5.74, 6) is 0.853. The lowest BCUT2D eigenvalue weighted by Gasteiger charge is -2.17. The Kier molecular flexibility index (Phi) is 3.19. The van der Waals surface area contributed by atoms with Crippen molar-refractivity contribution in [1.29, 1.82) is 0 Å². The Bertz CT molecular complexity index is 576. The Morgan fingerprint density at radius 3 is 2.74 bits per heavy atom. The largest absolute Gasteiger partial charge is 0.399 e. The van der Waals surface area contributed by atoms with E-state index in [1.54, 1.807) is 12.1 Å². The summed E-state index contributed by atoms with van der Waals surface area (Å²) in [6, 6.07) is 4.46. The molecule has 1 heterocycles. The number of anilines is 1. The summed E-state index contributed by atoms with van der Waals surface area (Å²) in [6.07, 6.45) is 5.84. The molecule has 19 heavy (non-hydrogen) atoms. The minimum atomic E-state index is -0.432. The van der Waals surface area contributed by atoms with Gasteiger partial charge in [-0.3, -0.25) is 0 Å². The first-order valence-corrected chi connectivity index (χ1v) is 6.63. The lowest BCUT2D eigenvalue weighted by Crippen LogP contribution is -2.06. The molecule has 2 aromatic rings. The number of nitrogens with two attached hydrogens (primary N) is 1. The Labute approximate surface area is 110 Å². The zero-order chi connectivity index (χ0) is 13.2. The topological polar surface area (TPSA) is 64.9 Å². The van der Waals surface area contributed by atoms with Crippen molar-refractivity contribution in [3.8, 4) is 11.5 Å². The zero-order valence-electron chi connectivity index (χ0n) is 10.6. The van der Waals surface area contributed by atoms with Crippen molar-refractivity contribution in [2.24, 2.45) is 0 Å². The van der Waals surface area contributed by atoms with Crippen molar-refractivity contribution in [1.82, 2.24) is 10.1 Å². The van der Waals surface area contributed by atoms with Gasteiger partial charge in [0.05, 0.1) is 5.56 Å². The summed E-state index contributed by atoms with van der Waals surface area (Å²) in [7, 11) is 0. The predicted molar refractivity (Wildman–Crippen MR) is 69.9 cm³/mol. The van der Waals surface area contributed by atoms with E-state index in [1.807, 2.05) is 0 Å². The summed E-state index contributed by atoms with van der Waals surface area (Å²) in [5.41, 5.74) is 6.21. The molecule has 1 aromatic carbocycles. The van der Waals surface area contributed by atoms with Gasteiger partial charge in [0.25, 0.3) is 5.89 Å².